The molecule has 0 fully saturated rings. The van der Waals surface area contributed by atoms with Gasteiger partial charge in [0.1, 0.15) is 11.1 Å². The SMILES string of the molecule is CO/C(=C/C(N)=O)[C@H](C)[C@H](/C=C/C1=CSC(c2csc([C@@H](C)/C=C/C=C/C(C)C)n2)N1)OC. The van der Waals surface area contributed by atoms with Crippen LogP contribution in [0.2, 0.25) is 0 Å². The average molecular weight is 490 g/mol. The predicted molar refractivity (Wildman–Crippen MR) is 139 cm³/mol. The number of hydrogen-bond donors (Lipinski definition) is 2. The molecular weight excluding hydrogens is 454 g/mol. The van der Waals surface area contributed by atoms with E-state index >= 15 is 0 Å². The molecule has 0 aromatic carbocycles. The minimum atomic E-state index is -0.545. The zero-order chi connectivity index (χ0) is 24.4. The van der Waals surface area contributed by atoms with Gasteiger partial charge in [-0.05, 0) is 17.4 Å². The quantitative estimate of drug-likeness (QED) is 0.232. The summed E-state index contributed by atoms with van der Waals surface area (Å²) in [5.41, 5.74) is 7.28. The van der Waals surface area contributed by atoms with Crippen LogP contribution in [0.15, 0.2) is 64.8 Å². The number of thioether (sulfide) groups is 1. The van der Waals surface area contributed by atoms with Crippen molar-refractivity contribution in [2.75, 3.05) is 14.2 Å². The van der Waals surface area contributed by atoms with E-state index in [2.05, 4.69) is 61.2 Å². The number of rotatable bonds is 12. The Hall–Kier alpha value is -2.29. The zero-order valence-corrected chi connectivity index (χ0v) is 21.8. The third kappa shape index (κ3) is 8.53. The summed E-state index contributed by atoms with van der Waals surface area (Å²) < 4.78 is 10.9. The van der Waals surface area contributed by atoms with Crippen molar-refractivity contribution in [3.8, 4) is 0 Å². The maximum Gasteiger partial charge on any atom is 0.244 e. The summed E-state index contributed by atoms with van der Waals surface area (Å²) in [7, 11) is 3.15. The number of carbonyl (C=O) groups excluding carboxylic acids is 1. The van der Waals surface area contributed by atoms with E-state index in [0.717, 1.165) is 16.4 Å². The summed E-state index contributed by atoms with van der Waals surface area (Å²) in [6.45, 7) is 8.42. The van der Waals surface area contributed by atoms with Crippen LogP contribution in [0, 0.1) is 11.8 Å². The molecular formula is C25H35N3O3S2. The molecule has 33 heavy (non-hydrogen) atoms. The smallest absolute Gasteiger partial charge is 0.244 e. The molecule has 1 aliphatic heterocycles. The van der Waals surface area contributed by atoms with Gasteiger partial charge in [0.25, 0.3) is 0 Å². The third-order valence-electron chi connectivity index (χ3n) is 5.03. The number of nitrogens with two attached hydrogens (primary N) is 1. The van der Waals surface area contributed by atoms with E-state index in [1.807, 2.05) is 19.1 Å². The summed E-state index contributed by atoms with van der Waals surface area (Å²) in [5, 5.41) is 8.87. The molecule has 180 valence electrons. The van der Waals surface area contributed by atoms with Crippen LogP contribution in [0.4, 0.5) is 0 Å². The number of hydrogen-bond acceptors (Lipinski definition) is 7. The highest BCUT2D eigenvalue weighted by Gasteiger charge is 2.23. The van der Waals surface area contributed by atoms with E-state index in [0.29, 0.717) is 11.7 Å². The highest BCUT2D eigenvalue weighted by atomic mass is 32.2. The molecule has 1 aromatic rings. The summed E-state index contributed by atoms with van der Waals surface area (Å²) in [5.74, 6) is 0.592. The molecule has 6 nitrogen and oxygen atoms in total. The highest BCUT2D eigenvalue weighted by molar-refractivity contribution is 8.02. The topological polar surface area (TPSA) is 86.5 Å². The van der Waals surface area contributed by atoms with Gasteiger partial charge in [0.05, 0.1) is 23.9 Å². The molecule has 3 N–H and O–H groups in total. The second-order valence-electron chi connectivity index (χ2n) is 8.15. The van der Waals surface area contributed by atoms with Crippen molar-refractivity contribution < 1.29 is 14.3 Å². The van der Waals surface area contributed by atoms with Crippen molar-refractivity contribution in [2.45, 2.75) is 45.1 Å². The lowest BCUT2D eigenvalue weighted by atomic mass is 10.0. The normalized spacial score (nSPS) is 19.9. The second kappa shape index (κ2) is 13.4. The molecule has 1 unspecified atom stereocenters. The van der Waals surface area contributed by atoms with Gasteiger partial charge in [-0.3, -0.25) is 4.79 Å². The van der Waals surface area contributed by atoms with Crippen LogP contribution in [0.5, 0.6) is 0 Å². The monoisotopic (exact) mass is 489 g/mol. The van der Waals surface area contributed by atoms with E-state index in [-0.39, 0.29) is 23.3 Å². The number of allylic oxidation sites excluding steroid dienone is 5. The number of amides is 1. The zero-order valence-electron chi connectivity index (χ0n) is 20.1. The molecule has 4 atom stereocenters. The molecule has 0 spiro atoms. The molecule has 0 aliphatic carbocycles. The number of ether oxygens (including phenoxy) is 2. The first kappa shape index (κ1) is 27.0. The first-order valence-electron chi connectivity index (χ1n) is 10.9. The first-order chi connectivity index (χ1) is 15.7. The minimum Gasteiger partial charge on any atom is -0.501 e. The van der Waals surface area contributed by atoms with Crippen molar-refractivity contribution in [3.05, 3.63) is 75.5 Å². The summed E-state index contributed by atoms with van der Waals surface area (Å²) in [4.78, 5) is 16.1. The molecule has 8 heteroatoms. The lowest BCUT2D eigenvalue weighted by Gasteiger charge is -2.21. The van der Waals surface area contributed by atoms with Crippen LogP contribution < -0.4 is 11.1 Å². The Kier molecular flexibility index (Phi) is 11.0. The first-order valence-corrected chi connectivity index (χ1v) is 12.8. The molecule has 0 saturated carbocycles. The van der Waals surface area contributed by atoms with Crippen LogP contribution in [0.25, 0.3) is 0 Å². The molecule has 0 bridgehead atoms. The van der Waals surface area contributed by atoms with Crippen molar-refractivity contribution in [1.82, 2.24) is 10.3 Å². The van der Waals surface area contributed by atoms with Crippen LogP contribution in [0.1, 0.15) is 49.7 Å². The molecule has 1 aromatic heterocycles. The van der Waals surface area contributed by atoms with E-state index < -0.39 is 5.91 Å². The van der Waals surface area contributed by atoms with Crippen LogP contribution >= 0.6 is 23.1 Å². The fourth-order valence-electron chi connectivity index (χ4n) is 3.15. The lowest BCUT2D eigenvalue weighted by Crippen LogP contribution is -2.22. The molecule has 0 radical (unpaired) electrons. The van der Waals surface area contributed by atoms with E-state index in [9.17, 15) is 4.79 Å². The fourth-order valence-corrected chi connectivity index (χ4v) is 5.01. The molecule has 2 rings (SSSR count). The highest BCUT2D eigenvalue weighted by Crippen LogP contribution is 2.36. The van der Waals surface area contributed by atoms with Gasteiger partial charge in [-0.25, -0.2) is 4.98 Å². The van der Waals surface area contributed by atoms with Crippen molar-refractivity contribution in [2.24, 2.45) is 17.6 Å². The summed E-state index contributed by atoms with van der Waals surface area (Å²) >= 11 is 3.38. The largest absolute Gasteiger partial charge is 0.501 e. The maximum atomic E-state index is 11.2. The van der Waals surface area contributed by atoms with Gasteiger partial charge < -0.3 is 20.5 Å². The van der Waals surface area contributed by atoms with Gasteiger partial charge in [0.2, 0.25) is 5.91 Å². The lowest BCUT2D eigenvalue weighted by molar-refractivity contribution is -0.113. The number of carbonyl (C=O) groups is 1. The Labute approximate surface area is 205 Å². The van der Waals surface area contributed by atoms with Gasteiger partial charge >= 0.3 is 0 Å². The Balaban J connectivity index is 1.97. The Morgan fingerprint density at radius 3 is 2.55 bits per heavy atom. The number of aromatic nitrogens is 1. The van der Waals surface area contributed by atoms with Crippen molar-refractivity contribution >= 4 is 29.0 Å². The average Bonchev–Trinajstić information content (AvgIpc) is 3.44. The Morgan fingerprint density at radius 1 is 1.18 bits per heavy atom. The van der Waals surface area contributed by atoms with Crippen molar-refractivity contribution in [1.29, 1.82) is 0 Å². The van der Waals surface area contributed by atoms with Gasteiger partial charge in [0, 0.05) is 36.1 Å². The maximum absolute atomic E-state index is 11.2. The van der Waals surface area contributed by atoms with E-state index in [1.54, 1.807) is 30.2 Å². The number of nitrogens with zero attached hydrogens (tertiary/aromatic N) is 1. The van der Waals surface area contributed by atoms with Gasteiger partial charge in [-0.2, -0.15) is 0 Å². The Bertz CT molecular complexity index is 931. The van der Waals surface area contributed by atoms with E-state index in [1.165, 1.54) is 13.2 Å². The van der Waals surface area contributed by atoms with Crippen LogP contribution in [0.3, 0.4) is 0 Å². The van der Waals surface area contributed by atoms with Crippen LogP contribution in [-0.4, -0.2) is 31.2 Å². The number of thiazole rings is 1. The summed E-state index contributed by atoms with van der Waals surface area (Å²) in [6.07, 6.45) is 13.5. The van der Waals surface area contributed by atoms with Crippen LogP contribution in [-0.2, 0) is 14.3 Å². The fraction of sp³-hybridized carbons (Fsp3) is 0.440. The third-order valence-corrected chi connectivity index (χ3v) is 7.12. The summed E-state index contributed by atoms with van der Waals surface area (Å²) in [6, 6.07) is 0. The minimum absolute atomic E-state index is 0.0781. The van der Waals surface area contributed by atoms with Crippen molar-refractivity contribution in [3.63, 3.8) is 0 Å². The van der Waals surface area contributed by atoms with Gasteiger partial charge in [-0.15, -0.1) is 23.1 Å². The number of nitrogens with one attached hydrogen (secondary N) is 1. The predicted octanol–water partition coefficient (Wildman–Crippen LogP) is 5.41. The van der Waals surface area contributed by atoms with Gasteiger partial charge in [-0.1, -0.05) is 58.1 Å². The van der Waals surface area contributed by atoms with Gasteiger partial charge in [0.15, 0.2) is 0 Å². The molecule has 1 aliphatic rings. The second-order valence-corrected chi connectivity index (χ2v) is 10.0. The molecule has 1 amide bonds. The number of methoxy groups -OCH3 is 2. The number of primary amides is 1. The Morgan fingerprint density at radius 2 is 1.91 bits per heavy atom. The standard InChI is InChI=1S/C25H35N3O3S2/c1-16(2)9-7-8-10-17(3)24-28-20(15-33-24)25-27-19(14-32-25)11-12-21(30-5)18(4)22(31-6)13-23(26)29/h7-18,21,25,27H,1-6H3,(H2,26,29)/b9-7+,10-8+,12-11+,22-13+/t17-,18+,21-,25?/m0/s1. The molecule has 2 heterocycles. The molecule has 0 saturated heterocycles. The van der Waals surface area contributed by atoms with E-state index in [4.69, 9.17) is 20.2 Å².